The minimum absolute atomic E-state index is 0.661. The lowest BCUT2D eigenvalue weighted by Crippen LogP contribution is -2.41. The lowest BCUT2D eigenvalue weighted by Gasteiger charge is -2.41. The van der Waals surface area contributed by atoms with Crippen molar-refractivity contribution in [3.05, 3.63) is 28.8 Å². The fourth-order valence-electron chi connectivity index (χ4n) is 3.03. The number of para-hydroxylation sites is 1. The van der Waals surface area contributed by atoms with Gasteiger partial charge in [-0.2, -0.15) is 0 Å². The lowest BCUT2D eigenvalue weighted by atomic mass is 9.78. The summed E-state index contributed by atoms with van der Waals surface area (Å²) in [5.41, 5.74) is 2.58. The van der Waals surface area contributed by atoms with E-state index in [2.05, 4.69) is 29.4 Å². The van der Waals surface area contributed by atoms with Crippen LogP contribution in [0.25, 0.3) is 0 Å². The van der Waals surface area contributed by atoms with Crippen molar-refractivity contribution in [2.75, 3.05) is 32.0 Å². The third kappa shape index (κ3) is 1.61. The summed E-state index contributed by atoms with van der Waals surface area (Å²) in [5, 5.41) is 4.36. The number of hydrogen-bond acceptors (Lipinski definition) is 2. The molecule has 2 heterocycles. The van der Waals surface area contributed by atoms with Crippen LogP contribution in [0.4, 0.5) is 5.69 Å². The molecule has 1 saturated heterocycles. The molecule has 0 amide bonds. The number of fused-ring (bicyclic) bond motifs is 3. The van der Waals surface area contributed by atoms with E-state index in [0.717, 1.165) is 17.5 Å². The van der Waals surface area contributed by atoms with E-state index in [0.29, 0.717) is 5.92 Å². The van der Waals surface area contributed by atoms with Crippen LogP contribution in [-0.4, -0.2) is 31.6 Å². The molecular formula is C13H17ClN2. The highest BCUT2D eigenvalue weighted by Crippen LogP contribution is 2.42. The largest absolute Gasteiger partial charge is 0.383 e. The van der Waals surface area contributed by atoms with Gasteiger partial charge in [0.25, 0.3) is 0 Å². The van der Waals surface area contributed by atoms with E-state index in [4.69, 9.17) is 11.6 Å². The predicted molar refractivity (Wildman–Crippen MR) is 68.3 cm³/mol. The van der Waals surface area contributed by atoms with Gasteiger partial charge in [-0.25, -0.2) is 0 Å². The third-order valence-corrected chi connectivity index (χ3v) is 4.26. The standard InChI is InChI=1S/C13H17ClN2/c1-16-6-5-9-7-15-13-10(11(9)8-16)3-2-4-12(13)14/h2-4,9,11,15H,5-8H2,1H3. The van der Waals surface area contributed by atoms with E-state index in [9.17, 15) is 0 Å². The average molecular weight is 237 g/mol. The van der Waals surface area contributed by atoms with Gasteiger partial charge in [0.15, 0.2) is 0 Å². The molecule has 2 aliphatic rings. The molecule has 0 aliphatic carbocycles. The van der Waals surface area contributed by atoms with E-state index in [1.807, 2.05) is 6.07 Å². The Kier molecular flexibility index (Phi) is 2.56. The smallest absolute Gasteiger partial charge is 0.0640 e. The van der Waals surface area contributed by atoms with Gasteiger partial charge in [-0.3, -0.25) is 0 Å². The van der Waals surface area contributed by atoms with E-state index in [-0.39, 0.29) is 0 Å². The van der Waals surface area contributed by atoms with Crippen LogP contribution in [-0.2, 0) is 0 Å². The van der Waals surface area contributed by atoms with E-state index < -0.39 is 0 Å². The van der Waals surface area contributed by atoms with E-state index in [1.165, 1.54) is 30.8 Å². The Morgan fingerprint density at radius 2 is 2.31 bits per heavy atom. The number of piperidine rings is 1. The molecule has 0 spiro atoms. The van der Waals surface area contributed by atoms with Crippen LogP contribution in [0.2, 0.25) is 5.02 Å². The molecule has 0 saturated carbocycles. The molecule has 0 aromatic heterocycles. The molecule has 1 aromatic carbocycles. The van der Waals surface area contributed by atoms with Gasteiger partial charge in [0.2, 0.25) is 0 Å². The molecule has 2 atom stereocenters. The molecule has 1 aromatic rings. The van der Waals surface area contributed by atoms with Crippen LogP contribution < -0.4 is 5.32 Å². The number of likely N-dealkylation sites (tertiary alicyclic amines) is 1. The fraction of sp³-hybridized carbons (Fsp3) is 0.538. The monoisotopic (exact) mass is 236 g/mol. The maximum atomic E-state index is 6.23. The van der Waals surface area contributed by atoms with E-state index in [1.54, 1.807) is 0 Å². The summed E-state index contributed by atoms with van der Waals surface area (Å²) in [4.78, 5) is 2.43. The maximum Gasteiger partial charge on any atom is 0.0640 e. The van der Waals surface area contributed by atoms with Crippen molar-refractivity contribution in [2.24, 2.45) is 5.92 Å². The zero-order chi connectivity index (χ0) is 11.1. The van der Waals surface area contributed by atoms with Crippen molar-refractivity contribution in [3.8, 4) is 0 Å². The number of benzene rings is 1. The van der Waals surface area contributed by atoms with Crippen LogP contribution in [0, 0.1) is 5.92 Å². The fourth-order valence-corrected chi connectivity index (χ4v) is 3.28. The zero-order valence-electron chi connectivity index (χ0n) is 9.54. The first-order valence-electron chi connectivity index (χ1n) is 5.96. The van der Waals surface area contributed by atoms with Crippen molar-refractivity contribution in [1.29, 1.82) is 0 Å². The third-order valence-electron chi connectivity index (χ3n) is 3.95. The summed E-state index contributed by atoms with van der Waals surface area (Å²) in [6.07, 6.45) is 1.29. The highest BCUT2D eigenvalue weighted by molar-refractivity contribution is 6.33. The maximum absolute atomic E-state index is 6.23. The zero-order valence-corrected chi connectivity index (χ0v) is 10.3. The quantitative estimate of drug-likeness (QED) is 0.745. The Balaban J connectivity index is 2.00. The second-order valence-corrected chi connectivity index (χ2v) is 5.41. The van der Waals surface area contributed by atoms with Gasteiger partial charge in [-0.1, -0.05) is 23.7 Å². The highest BCUT2D eigenvalue weighted by atomic mass is 35.5. The predicted octanol–water partition coefficient (Wildman–Crippen LogP) is 2.80. The van der Waals surface area contributed by atoms with Gasteiger partial charge in [-0.15, -0.1) is 0 Å². The van der Waals surface area contributed by atoms with E-state index >= 15 is 0 Å². The van der Waals surface area contributed by atoms with Crippen molar-refractivity contribution in [2.45, 2.75) is 12.3 Å². The van der Waals surface area contributed by atoms with Crippen molar-refractivity contribution >= 4 is 17.3 Å². The van der Waals surface area contributed by atoms with Gasteiger partial charge < -0.3 is 10.2 Å². The van der Waals surface area contributed by atoms with Crippen LogP contribution in [0.15, 0.2) is 18.2 Å². The number of anilines is 1. The Labute approximate surface area is 102 Å². The molecule has 3 rings (SSSR count). The first-order valence-corrected chi connectivity index (χ1v) is 6.34. The average Bonchev–Trinajstić information content (AvgIpc) is 2.29. The molecule has 1 N–H and O–H groups in total. The number of halogens is 1. The van der Waals surface area contributed by atoms with Crippen LogP contribution in [0.1, 0.15) is 17.9 Å². The summed E-state index contributed by atoms with van der Waals surface area (Å²) in [6, 6.07) is 6.27. The van der Waals surface area contributed by atoms with Crippen molar-refractivity contribution in [3.63, 3.8) is 0 Å². The summed E-state index contributed by atoms with van der Waals surface area (Å²) in [5.74, 6) is 1.44. The summed E-state index contributed by atoms with van der Waals surface area (Å²) in [6.45, 7) is 3.47. The van der Waals surface area contributed by atoms with Gasteiger partial charge in [-0.05, 0) is 37.6 Å². The number of rotatable bonds is 0. The molecule has 86 valence electrons. The minimum atomic E-state index is 0.661. The Morgan fingerprint density at radius 3 is 3.19 bits per heavy atom. The molecule has 2 nitrogen and oxygen atoms in total. The number of hydrogen-bond donors (Lipinski definition) is 1. The number of likely N-dealkylation sites (N-methyl/N-ethyl adjacent to an activating group) is 1. The van der Waals surface area contributed by atoms with Crippen LogP contribution in [0.3, 0.4) is 0 Å². The van der Waals surface area contributed by atoms with Gasteiger partial charge in [0.1, 0.15) is 0 Å². The summed E-state index contributed by atoms with van der Waals surface area (Å²) in [7, 11) is 2.21. The highest BCUT2D eigenvalue weighted by Gasteiger charge is 2.33. The Bertz CT molecular complexity index is 405. The normalized spacial score (nSPS) is 29.1. The molecule has 3 heteroatoms. The molecule has 2 unspecified atom stereocenters. The molecular weight excluding hydrogens is 220 g/mol. The second kappa shape index (κ2) is 3.94. The van der Waals surface area contributed by atoms with Gasteiger partial charge in [0, 0.05) is 19.0 Å². The second-order valence-electron chi connectivity index (χ2n) is 5.00. The molecule has 16 heavy (non-hydrogen) atoms. The first-order chi connectivity index (χ1) is 7.75. The van der Waals surface area contributed by atoms with Crippen LogP contribution in [0.5, 0.6) is 0 Å². The van der Waals surface area contributed by atoms with Crippen LogP contribution >= 0.6 is 11.6 Å². The Morgan fingerprint density at radius 1 is 1.44 bits per heavy atom. The van der Waals surface area contributed by atoms with Gasteiger partial charge >= 0.3 is 0 Å². The van der Waals surface area contributed by atoms with Gasteiger partial charge in [0.05, 0.1) is 10.7 Å². The number of nitrogens with zero attached hydrogens (tertiary/aromatic N) is 1. The summed E-state index contributed by atoms with van der Waals surface area (Å²) >= 11 is 6.23. The first kappa shape index (κ1) is 10.4. The number of nitrogens with one attached hydrogen (secondary N) is 1. The molecule has 1 fully saturated rings. The minimum Gasteiger partial charge on any atom is -0.383 e. The lowest BCUT2D eigenvalue weighted by molar-refractivity contribution is 0.192. The SMILES string of the molecule is CN1CCC2CNc3c(Cl)cccc3C2C1. The molecule has 2 aliphatic heterocycles. The van der Waals surface area contributed by atoms with Crippen molar-refractivity contribution in [1.82, 2.24) is 4.90 Å². The summed E-state index contributed by atoms with van der Waals surface area (Å²) < 4.78 is 0. The topological polar surface area (TPSA) is 15.3 Å². The molecule has 0 bridgehead atoms. The van der Waals surface area contributed by atoms with Crippen molar-refractivity contribution < 1.29 is 0 Å². The molecule has 0 radical (unpaired) electrons. The Hall–Kier alpha value is -0.730.